The number of nitrogens with one attached hydrogen (secondary N) is 2. The van der Waals surface area contributed by atoms with Gasteiger partial charge in [-0.25, -0.2) is 8.42 Å². The topological polar surface area (TPSA) is 134 Å². The monoisotopic (exact) mass is 285 g/mol. The Labute approximate surface area is 108 Å². The van der Waals surface area contributed by atoms with Crippen LogP contribution in [-0.4, -0.2) is 42.6 Å². The van der Waals surface area contributed by atoms with Crippen LogP contribution in [0, 0.1) is 0 Å². The molecule has 9 nitrogen and oxygen atoms in total. The van der Waals surface area contributed by atoms with Gasteiger partial charge in [-0.05, 0) is 6.07 Å². The zero-order valence-corrected chi connectivity index (χ0v) is 10.5. The minimum atomic E-state index is -4.02. The summed E-state index contributed by atoms with van der Waals surface area (Å²) in [5.41, 5.74) is 2.36. The van der Waals surface area contributed by atoms with E-state index in [9.17, 15) is 18.0 Å². The molecular weight excluding hydrogens is 274 g/mol. The lowest BCUT2D eigenvalue weighted by Gasteiger charge is -2.25. The Bertz CT molecular complexity index is 613. The number of piperazine rings is 1. The van der Waals surface area contributed by atoms with Gasteiger partial charge in [-0.1, -0.05) is 0 Å². The first kappa shape index (κ1) is 13.4. The van der Waals surface area contributed by atoms with E-state index >= 15 is 0 Å². The summed E-state index contributed by atoms with van der Waals surface area (Å²) in [4.78, 5) is 26.0. The lowest BCUT2D eigenvalue weighted by atomic mass is 10.4. The first-order chi connectivity index (χ1) is 8.95. The second-order valence-corrected chi connectivity index (χ2v) is 5.67. The molecule has 10 heteroatoms. The number of rotatable bonds is 3. The second kappa shape index (κ2) is 4.91. The van der Waals surface area contributed by atoms with Gasteiger partial charge in [0.2, 0.25) is 21.8 Å². The van der Waals surface area contributed by atoms with Gasteiger partial charge in [0, 0.05) is 12.4 Å². The summed E-state index contributed by atoms with van der Waals surface area (Å²) in [6, 6.07) is 1.37. The number of pyridine rings is 1. The number of hydrogen-bond donors (Lipinski definition) is 3. The van der Waals surface area contributed by atoms with Gasteiger partial charge < -0.3 is 5.43 Å². The number of nitrogens with zero attached hydrogens (tertiary/aromatic N) is 2. The fourth-order valence-corrected chi connectivity index (χ4v) is 3.08. The van der Waals surface area contributed by atoms with E-state index in [4.69, 9.17) is 5.84 Å². The van der Waals surface area contributed by atoms with Crippen LogP contribution in [0.5, 0.6) is 0 Å². The number of carbonyl (C=O) groups excluding carboxylic acids is 2. The quantitative estimate of drug-likeness (QED) is 0.332. The highest BCUT2D eigenvalue weighted by Gasteiger charge is 2.34. The summed E-state index contributed by atoms with van der Waals surface area (Å²) in [5, 5.41) is 2.02. The maximum Gasteiger partial charge on any atom is 0.247 e. The fourth-order valence-electron chi connectivity index (χ4n) is 1.62. The third kappa shape index (κ3) is 2.54. The number of nitrogen functional groups attached to an aromatic ring is 1. The molecule has 0 saturated carbocycles. The number of sulfonamides is 1. The molecule has 1 aromatic heterocycles. The average molecular weight is 285 g/mol. The lowest BCUT2D eigenvalue weighted by molar-refractivity contribution is -0.134. The molecule has 102 valence electrons. The molecule has 2 rings (SSSR count). The van der Waals surface area contributed by atoms with Crippen molar-refractivity contribution in [2.45, 2.75) is 4.90 Å². The van der Waals surface area contributed by atoms with Crippen molar-refractivity contribution in [2.75, 3.05) is 18.5 Å². The Hall–Kier alpha value is -2.04. The highest BCUT2D eigenvalue weighted by Crippen LogP contribution is 2.23. The van der Waals surface area contributed by atoms with Crippen LogP contribution in [0.4, 0.5) is 5.69 Å². The molecule has 4 N–H and O–H groups in total. The summed E-state index contributed by atoms with van der Waals surface area (Å²) in [7, 11) is -4.02. The molecule has 2 heterocycles. The minimum Gasteiger partial charge on any atom is -0.323 e. The van der Waals surface area contributed by atoms with Crippen LogP contribution in [0.1, 0.15) is 0 Å². The maximum atomic E-state index is 12.3. The zero-order chi connectivity index (χ0) is 14.0. The molecule has 0 atom stereocenters. The third-order valence-electron chi connectivity index (χ3n) is 2.48. The number of nitrogens with two attached hydrogens (primary N) is 1. The first-order valence-corrected chi connectivity index (χ1v) is 6.62. The molecule has 0 radical (unpaired) electrons. The van der Waals surface area contributed by atoms with E-state index in [0.29, 0.717) is 0 Å². The number of amides is 2. The molecule has 0 spiro atoms. The van der Waals surface area contributed by atoms with Crippen LogP contribution in [0.2, 0.25) is 0 Å². The van der Waals surface area contributed by atoms with Crippen molar-refractivity contribution >= 4 is 27.5 Å². The van der Waals surface area contributed by atoms with Crippen molar-refractivity contribution < 1.29 is 18.0 Å². The van der Waals surface area contributed by atoms with Crippen molar-refractivity contribution in [1.29, 1.82) is 0 Å². The number of imide groups is 1. The second-order valence-electron chi connectivity index (χ2n) is 3.76. The van der Waals surface area contributed by atoms with Crippen LogP contribution in [0.25, 0.3) is 0 Å². The van der Waals surface area contributed by atoms with Gasteiger partial charge in [0.15, 0.2) is 0 Å². The van der Waals surface area contributed by atoms with Gasteiger partial charge in [-0.15, -0.1) is 0 Å². The number of carbonyl (C=O) groups is 2. The van der Waals surface area contributed by atoms with Crippen LogP contribution >= 0.6 is 0 Å². The maximum absolute atomic E-state index is 12.3. The Balaban J connectivity index is 2.42. The van der Waals surface area contributed by atoms with E-state index in [0.717, 1.165) is 10.5 Å². The van der Waals surface area contributed by atoms with E-state index in [2.05, 4.69) is 10.4 Å². The average Bonchev–Trinajstić information content (AvgIpc) is 2.37. The van der Waals surface area contributed by atoms with Crippen molar-refractivity contribution in [1.82, 2.24) is 14.6 Å². The van der Waals surface area contributed by atoms with E-state index < -0.39 is 34.9 Å². The predicted molar refractivity (Wildman–Crippen MR) is 64.0 cm³/mol. The Morgan fingerprint density at radius 3 is 2.53 bits per heavy atom. The molecule has 2 amide bonds. The summed E-state index contributed by atoms with van der Waals surface area (Å²) in [6.45, 7) is -0.847. The van der Waals surface area contributed by atoms with Gasteiger partial charge in [0.05, 0.1) is 18.8 Å². The number of anilines is 1. The molecular formula is C9H11N5O4S. The Morgan fingerprint density at radius 1 is 1.32 bits per heavy atom. The summed E-state index contributed by atoms with van der Waals surface area (Å²) >= 11 is 0. The number of aromatic nitrogens is 1. The van der Waals surface area contributed by atoms with Gasteiger partial charge in [0.1, 0.15) is 4.90 Å². The van der Waals surface area contributed by atoms with Crippen molar-refractivity contribution in [3.05, 3.63) is 18.5 Å². The van der Waals surface area contributed by atoms with E-state index in [1.54, 1.807) is 0 Å². The molecule has 1 aromatic rings. The normalized spacial score (nSPS) is 17.1. The molecule has 0 aromatic carbocycles. The molecule has 1 saturated heterocycles. The van der Waals surface area contributed by atoms with Crippen molar-refractivity contribution in [3.63, 3.8) is 0 Å². The fraction of sp³-hybridized carbons (Fsp3) is 0.222. The molecule has 0 aliphatic carbocycles. The van der Waals surface area contributed by atoms with Crippen molar-refractivity contribution in [2.24, 2.45) is 5.84 Å². The number of hydrazine groups is 1. The highest BCUT2D eigenvalue weighted by molar-refractivity contribution is 7.89. The van der Waals surface area contributed by atoms with Crippen LogP contribution < -0.4 is 16.6 Å². The minimum absolute atomic E-state index is 0.133. The standard InChI is InChI=1S/C9H11N5O4S/c10-13-6-1-2-11-3-7(6)19(17,18)14-4-8(15)12-9(16)5-14/h1-3H,4-5,10H2,(H,11,13)(H,12,15,16). The zero-order valence-electron chi connectivity index (χ0n) is 9.66. The Kier molecular flexibility index (Phi) is 3.46. The van der Waals surface area contributed by atoms with E-state index in [-0.39, 0.29) is 10.6 Å². The smallest absolute Gasteiger partial charge is 0.247 e. The summed E-state index contributed by atoms with van der Waals surface area (Å²) in [6.07, 6.45) is 2.46. The third-order valence-corrected chi connectivity index (χ3v) is 4.30. The summed E-state index contributed by atoms with van der Waals surface area (Å²) in [5.74, 6) is 3.87. The lowest BCUT2D eigenvalue weighted by Crippen LogP contribution is -2.53. The molecule has 1 fully saturated rings. The van der Waals surface area contributed by atoms with Gasteiger partial charge in [-0.2, -0.15) is 4.31 Å². The Morgan fingerprint density at radius 2 is 1.95 bits per heavy atom. The van der Waals surface area contributed by atoms with Crippen LogP contribution in [0.15, 0.2) is 23.4 Å². The van der Waals surface area contributed by atoms with Gasteiger partial charge >= 0.3 is 0 Å². The first-order valence-electron chi connectivity index (χ1n) is 5.18. The largest absolute Gasteiger partial charge is 0.323 e. The van der Waals surface area contributed by atoms with Crippen LogP contribution in [-0.2, 0) is 19.6 Å². The van der Waals surface area contributed by atoms with Crippen molar-refractivity contribution in [3.8, 4) is 0 Å². The SMILES string of the molecule is NNc1ccncc1S(=O)(=O)N1CC(=O)NC(=O)C1. The molecule has 1 aliphatic heterocycles. The van der Waals surface area contributed by atoms with Gasteiger partial charge in [0.25, 0.3) is 0 Å². The van der Waals surface area contributed by atoms with Gasteiger partial charge in [-0.3, -0.25) is 25.7 Å². The molecule has 1 aliphatic rings. The molecule has 0 bridgehead atoms. The van der Waals surface area contributed by atoms with E-state index in [1.807, 2.05) is 5.32 Å². The molecule has 19 heavy (non-hydrogen) atoms. The predicted octanol–water partition coefficient (Wildman–Crippen LogP) is -1.99. The highest BCUT2D eigenvalue weighted by atomic mass is 32.2. The number of hydrogen-bond acceptors (Lipinski definition) is 7. The van der Waals surface area contributed by atoms with E-state index in [1.165, 1.54) is 12.3 Å². The summed E-state index contributed by atoms with van der Waals surface area (Å²) < 4.78 is 25.4. The molecule has 0 unspecified atom stereocenters. The van der Waals surface area contributed by atoms with Crippen LogP contribution in [0.3, 0.4) is 0 Å².